The summed E-state index contributed by atoms with van der Waals surface area (Å²) in [6, 6.07) is 0.653. The van der Waals surface area contributed by atoms with E-state index in [1.54, 1.807) is 12.4 Å². The smallest absolute Gasteiger partial charge is 0.336 e. The Balaban J connectivity index is 2.31. The van der Waals surface area contributed by atoms with Gasteiger partial charge in [-0.2, -0.15) is 13.2 Å². The van der Waals surface area contributed by atoms with E-state index in [1.807, 2.05) is 0 Å². The molecule has 0 aliphatic rings. The van der Waals surface area contributed by atoms with Crippen molar-refractivity contribution in [1.29, 1.82) is 0 Å². The van der Waals surface area contributed by atoms with Gasteiger partial charge in [-0.25, -0.2) is 9.97 Å². The van der Waals surface area contributed by atoms with Crippen LogP contribution in [0.4, 0.5) is 13.2 Å². The molecular formula is C13H11ClF3N3OS. The van der Waals surface area contributed by atoms with E-state index in [9.17, 15) is 18.0 Å². The van der Waals surface area contributed by atoms with Crippen molar-refractivity contribution in [1.82, 2.24) is 14.9 Å². The Morgan fingerprint density at radius 2 is 2.09 bits per heavy atom. The number of hydrogen-bond donors (Lipinski definition) is 0. The first-order valence-electron chi connectivity index (χ1n) is 6.07. The van der Waals surface area contributed by atoms with Crippen molar-refractivity contribution in [2.24, 2.45) is 0 Å². The lowest BCUT2D eigenvalue weighted by Gasteiger charge is -2.19. The highest BCUT2D eigenvalue weighted by Gasteiger charge is 2.36. The summed E-state index contributed by atoms with van der Waals surface area (Å²) in [4.78, 5) is 21.9. The van der Waals surface area contributed by atoms with Crippen LogP contribution in [0.15, 0.2) is 17.8 Å². The van der Waals surface area contributed by atoms with Gasteiger partial charge < -0.3 is 4.90 Å². The van der Waals surface area contributed by atoms with Crippen LogP contribution in [0.5, 0.6) is 0 Å². The lowest BCUT2D eigenvalue weighted by atomic mass is 10.1. The van der Waals surface area contributed by atoms with Crippen LogP contribution in [0.25, 0.3) is 0 Å². The van der Waals surface area contributed by atoms with Gasteiger partial charge in [0.25, 0.3) is 5.91 Å². The summed E-state index contributed by atoms with van der Waals surface area (Å²) in [5.41, 5.74) is 0.746. The van der Waals surface area contributed by atoms with Gasteiger partial charge in [0.1, 0.15) is 5.15 Å². The number of aromatic nitrogens is 2. The molecule has 0 bridgehead atoms. The second-order valence-corrected chi connectivity index (χ2v) is 5.90. The van der Waals surface area contributed by atoms with Crippen molar-refractivity contribution in [3.05, 3.63) is 44.6 Å². The third-order valence-electron chi connectivity index (χ3n) is 2.98. The van der Waals surface area contributed by atoms with Crippen LogP contribution in [0.3, 0.4) is 0 Å². The van der Waals surface area contributed by atoms with Crippen molar-refractivity contribution in [3.8, 4) is 0 Å². The number of carbonyl (C=O) groups excluding carboxylic acids is 1. The molecule has 0 aliphatic heterocycles. The van der Waals surface area contributed by atoms with E-state index in [-0.39, 0.29) is 11.7 Å². The Morgan fingerprint density at radius 1 is 1.41 bits per heavy atom. The van der Waals surface area contributed by atoms with E-state index in [2.05, 4.69) is 9.97 Å². The quantitative estimate of drug-likeness (QED) is 0.792. The molecule has 0 saturated heterocycles. The third kappa shape index (κ3) is 3.56. The second kappa shape index (κ2) is 6.21. The van der Waals surface area contributed by atoms with Crippen LogP contribution in [0.2, 0.25) is 5.15 Å². The highest BCUT2D eigenvalue weighted by molar-refractivity contribution is 7.09. The molecule has 0 aromatic carbocycles. The Labute approximate surface area is 133 Å². The number of pyridine rings is 1. The number of aryl methyl sites for hydroxylation is 1. The van der Waals surface area contributed by atoms with Crippen molar-refractivity contribution >= 4 is 28.8 Å². The zero-order valence-electron chi connectivity index (χ0n) is 11.6. The number of thiazole rings is 1. The van der Waals surface area contributed by atoms with Crippen LogP contribution < -0.4 is 0 Å². The molecule has 0 unspecified atom stereocenters. The zero-order valence-corrected chi connectivity index (χ0v) is 13.2. The van der Waals surface area contributed by atoms with Crippen molar-refractivity contribution in [2.75, 3.05) is 7.05 Å². The molecule has 2 aromatic heterocycles. The summed E-state index contributed by atoms with van der Waals surface area (Å²) in [6.45, 7) is 1.95. The molecule has 9 heteroatoms. The normalized spacial score (nSPS) is 11.5. The maximum Gasteiger partial charge on any atom is 0.417 e. The molecule has 2 rings (SSSR count). The van der Waals surface area contributed by atoms with Gasteiger partial charge in [-0.15, -0.1) is 11.3 Å². The molecule has 2 aromatic rings. The summed E-state index contributed by atoms with van der Waals surface area (Å²) in [5, 5.41) is -0.315. The molecule has 1 amide bonds. The summed E-state index contributed by atoms with van der Waals surface area (Å²) < 4.78 is 39.1. The average molecular weight is 350 g/mol. The van der Waals surface area contributed by atoms with Crippen LogP contribution in [-0.2, 0) is 12.7 Å². The Bertz CT molecular complexity index is 702. The van der Waals surface area contributed by atoms with Crippen LogP contribution in [-0.4, -0.2) is 27.8 Å². The van der Waals surface area contributed by atoms with Gasteiger partial charge in [-0.05, 0) is 13.0 Å². The molecule has 4 nitrogen and oxygen atoms in total. The summed E-state index contributed by atoms with van der Waals surface area (Å²) in [5.74, 6) is -0.774. The lowest BCUT2D eigenvalue weighted by molar-refractivity contribution is -0.138. The summed E-state index contributed by atoms with van der Waals surface area (Å²) >= 11 is 6.84. The SMILES string of the molecule is Cc1ncsc1CN(C)C(=O)c1cnc(Cl)cc1C(F)(F)F. The van der Waals surface area contributed by atoms with Gasteiger partial charge in [-0.1, -0.05) is 11.6 Å². The van der Waals surface area contributed by atoms with Crippen LogP contribution >= 0.6 is 22.9 Å². The fourth-order valence-corrected chi connectivity index (χ4v) is 2.79. The highest BCUT2D eigenvalue weighted by atomic mass is 35.5. The monoisotopic (exact) mass is 349 g/mol. The van der Waals surface area contributed by atoms with Gasteiger partial charge in [-0.3, -0.25) is 4.79 Å². The van der Waals surface area contributed by atoms with E-state index in [4.69, 9.17) is 11.6 Å². The molecule has 0 atom stereocenters. The fraction of sp³-hybridized carbons (Fsp3) is 0.308. The zero-order chi connectivity index (χ0) is 16.5. The van der Waals surface area contributed by atoms with Crippen molar-refractivity contribution in [3.63, 3.8) is 0 Å². The molecule has 0 saturated carbocycles. The standard InChI is InChI=1S/C13H11ClF3N3OS/c1-7-10(22-6-19-7)5-20(2)12(21)8-4-18-11(14)3-9(8)13(15,16)17/h3-4,6H,5H2,1-2H3. The Kier molecular flexibility index (Phi) is 4.72. The van der Waals surface area contributed by atoms with E-state index in [0.29, 0.717) is 6.07 Å². The van der Waals surface area contributed by atoms with Gasteiger partial charge in [0.2, 0.25) is 0 Å². The number of alkyl halides is 3. The first-order valence-corrected chi connectivity index (χ1v) is 7.33. The van der Waals surface area contributed by atoms with E-state index < -0.39 is 23.2 Å². The topological polar surface area (TPSA) is 46.1 Å². The maximum atomic E-state index is 13.0. The van der Waals surface area contributed by atoms with E-state index >= 15 is 0 Å². The average Bonchev–Trinajstić information content (AvgIpc) is 2.82. The molecule has 2 heterocycles. The molecule has 22 heavy (non-hydrogen) atoms. The lowest BCUT2D eigenvalue weighted by Crippen LogP contribution is -2.28. The molecular weight excluding hydrogens is 339 g/mol. The predicted octanol–water partition coefficient (Wildman–Crippen LogP) is 3.79. The van der Waals surface area contributed by atoms with Gasteiger partial charge in [0.05, 0.1) is 28.9 Å². The van der Waals surface area contributed by atoms with Gasteiger partial charge in [0.15, 0.2) is 0 Å². The minimum Gasteiger partial charge on any atom is -0.336 e. The molecule has 0 fully saturated rings. The van der Waals surface area contributed by atoms with Gasteiger partial charge >= 0.3 is 6.18 Å². The van der Waals surface area contributed by atoms with Gasteiger partial charge in [0, 0.05) is 18.1 Å². The molecule has 0 N–H and O–H groups in total. The number of amides is 1. The number of hydrogen-bond acceptors (Lipinski definition) is 4. The summed E-state index contributed by atoms with van der Waals surface area (Å²) in [7, 11) is 1.43. The first kappa shape index (κ1) is 16.7. The Morgan fingerprint density at radius 3 is 2.64 bits per heavy atom. The molecule has 0 aliphatic carbocycles. The fourth-order valence-electron chi connectivity index (χ4n) is 1.81. The van der Waals surface area contributed by atoms with Crippen LogP contribution in [0, 0.1) is 6.92 Å². The minimum atomic E-state index is -4.68. The molecule has 0 radical (unpaired) electrons. The largest absolute Gasteiger partial charge is 0.417 e. The highest BCUT2D eigenvalue weighted by Crippen LogP contribution is 2.33. The van der Waals surface area contributed by atoms with E-state index in [0.717, 1.165) is 16.8 Å². The molecule has 0 spiro atoms. The van der Waals surface area contributed by atoms with Crippen LogP contribution in [0.1, 0.15) is 26.5 Å². The number of nitrogens with zero attached hydrogens (tertiary/aromatic N) is 3. The number of halogens is 4. The first-order chi connectivity index (χ1) is 10.2. The van der Waals surface area contributed by atoms with Crippen molar-refractivity contribution in [2.45, 2.75) is 19.6 Å². The third-order valence-corrected chi connectivity index (χ3v) is 4.11. The predicted molar refractivity (Wildman–Crippen MR) is 76.9 cm³/mol. The minimum absolute atomic E-state index is 0.176. The second-order valence-electron chi connectivity index (χ2n) is 4.57. The maximum absolute atomic E-state index is 13.0. The van der Waals surface area contributed by atoms with Crippen molar-refractivity contribution < 1.29 is 18.0 Å². The number of rotatable bonds is 3. The van der Waals surface area contributed by atoms with E-state index in [1.165, 1.54) is 23.3 Å². The number of carbonyl (C=O) groups is 1. The molecule has 118 valence electrons. The Hall–Kier alpha value is -1.67. The summed E-state index contributed by atoms with van der Waals surface area (Å²) in [6.07, 6.45) is -3.83.